The third kappa shape index (κ3) is 6.89. The van der Waals surface area contributed by atoms with Crippen LogP contribution < -0.4 is 20.1 Å². The SMILES string of the molecule is COc1ccc(OC)c(CCNC(=O)CCNC(=O)/C=C/c2ccco2)c1. The molecule has 0 bridgehead atoms. The first kappa shape index (κ1) is 20.1. The van der Waals surface area contributed by atoms with Crippen LogP contribution in [0.15, 0.2) is 47.1 Å². The van der Waals surface area contributed by atoms with Gasteiger partial charge < -0.3 is 24.5 Å². The maximum absolute atomic E-state index is 11.9. The summed E-state index contributed by atoms with van der Waals surface area (Å²) in [6.45, 7) is 0.727. The summed E-state index contributed by atoms with van der Waals surface area (Å²) < 4.78 is 15.6. The zero-order valence-electron chi connectivity index (χ0n) is 15.5. The molecule has 0 radical (unpaired) electrons. The molecule has 0 aliphatic heterocycles. The van der Waals surface area contributed by atoms with E-state index in [1.807, 2.05) is 18.2 Å². The van der Waals surface area contributed by atoms with Gasteiger partial charge in [-0.1, -0.05) is 0 Å². The number of methoxy groups -OCH3 is 2. The quantitative estimate of drug-likeness (QED) is 0.624. The third-order valence-corrected chi connectivity index (χ3v) is 3.80. The van der Waals surface area contributed by atoms with Crippen molar-refractivity contribution in [3.8, 4) is 11.5 Å². The number of benzene rings is 1. The standard InChI is InChI=1S/C20H24N2O5/c1-25-17-5-7-18(26-2)15(14-17)9-11-21-20(24)10-12-22-19(23)8-6-16-4-3-13-27-16/h3-8,13-14H,9-12H2,1-2H3,(H,21,24)(H,22,23)/b8-6+. The van der Waals surface area contributed by atoms with E-state index in [2.05, 4.69) is 10.6 Å². The van der Waals surface area contributed by atoms with Crippen molar-refractivity contribution in [3.05, 3.63) is 54.0 Å². The molecule has 2 amide bonds. The van der Waals surface area contributed by atoms with Gasteiger partial charge in [0.05, 0.1) is 20.5 Å². The van der Waals surface area contributed by atoms with Gasteiger partial charge >= 0.3 is 0 Å². The summed E-state index contributed by atoms with van der Waals surface area (Å²) in [5.41, 5.74) is 0.952. The van der Waals surface area contributed by atoms with E-state index in [1.54, 1.807) is 32.4 Å². The van der Waals surface area contributed by atoms with E-state index in [1.165, 1.54) is 12.3 Å². The smallest absolute Gasteiger partial charge is 0.244 e. The molecule has 1 aromatic carbocycles. The molecule has 2 aromatic rings. The molecule has 0 saturated heterocycles. The normalized spacial score (nSPS) is 10.6. The molecule has 0 saturated carbocycles. The summed E-state index contributed by atoms with van der Waals surface area (Å²) in [6, 6.07) is 9.03. The van der Waals surface area contributed by atoms with Gasteiger partial charge in [0.25, 0.3) is 0 Å². The Hall–Kier alpha value is -3.22. The van der Waals surface area contributed by atoms with Gasteiger partial charge in [0.1, 0.15) is 17.3 Å². The first-order valence-corrected chi connectivity index (χ1v) is 8.59. The van der Waals surface area contributed by atoms with Crippen molar-refractivity contribution in [3.63, 3.8) is 0 Å². The summed E-state index contributed by atoms with van der Waals surface area (Å²) >= 11 is 0. The second-order valence-corrected chi connectivity index (χ2v) is 5.67. The average Bonchev–Trinajstić information content (AvgIpc) is 3.20. The minimum Gasteiger partial charge on any atom is -0.497 e. The minimum atomic E-state index is -0.277. The van der Waals surface area contributed by atoms with Crippen molar-refractivity contribution < 1.29 is 23.5 Å². The third-order valence-electron chi connectivity index (χ3n) is 3.80. The van der Waals surface area contributed by atoms with E-state index in [0.717, 1.165) is 17.1 Å². The highest BCUT2D eigenvalue weighted by atomic mass is 16.5. The summed E-state index contributed by atoms with van der Waals surface area (Å²) in [4.78, 5) is 23.5. The Morgan fingerprint density at radius 3 is 2.67 bits per heavy atom. The second-order valence-electron chi connectivity index (χ2n) is 5.67. The van der Waals surface area contributed by atoms with Crippen molar-refractivity contribution in [1.29, 1.82) is 0 Å². The van der Waals surface area contributed by atoms with Gasteiger partial charge in [0, 0.05) is 25.6 Å². The van der Waals surface area contributed by atoms with E-state index >= 15 is 0 Å². The zero-order chi connectivity index (χ0) is 19.5. The number of furan rings is 1. The maximum atomic E-state index is 11.9. The van der Waals surface area contributed by atoms with Gasteiger partial charge in [-0.25, -0.2) is 0 Å². The van der Waals surface area contributed by atoms with Gasteiger partial charge in [-0.05, 0) is 48.4 Å². The number of carbonyl (C=O) groups is 2. The van der Waals surface area contributed by atoms with E-state index < -0.39 is 0 Å². The molecule has 7 nitrogen and oxygen atoms in total. The fourth-order valence-electron chi connectivity index (χ4n) is 2.40. The molecule has 1 aromatic heterocycles. The maximum Gasteiger partial charge on any atom is 0.244 e. The molecule has 0 aliphatic rings. The van der Waals surface area contributed by atoms with Crippen LogP contribution in [0.25, 0.3) is 6.08 Å². The molecule has 0 aliphatic carbocycles. The number of rotatable bonds is 10. The molecule has 0 atom stereocenters. The first-order chi connectivity index (χ1) is 13.1. The summed E-state index contributed by atoms with van der Waals surface area (Å²) in [5, 5.41) is 5.48. The lowest BCUT2D eigenvalue weighted by molar-refractivity contribution is -0.121. The predicted molar refractivity (Wildman–Crippen MR) is 102 cm³/mol. The monoisotopic (exact) mass is 372 g/mol. The fourth-order valence-corrected chi connectivity index (χ4v) is 2.40. The van der Waals surface area contributed by atoms with Crippen molar-refractivity contribution >= 4 is 17.9 Å². The molecular weight excluding hydrogens is 348 g/mol. The van der Waals surface area contributed by atoms with Crippen LogP contribution in [0.5, 0.6) is 11.5 Å². The Balaban J connectivity index is 1.67. The van der Waals surface area contributed by atoms with Gasteiger partial charge in [-0.2, -0.15) is 0 Å². The van der Waals surface area contributed by atoms with Crippen LogP contribution in [0.2, 0.25) is 0 Å². The summed E-state index contributed by atoms with van der Waals surface area (Å²) in [7, 11) is 3.21. The van der Waals surface area contributed by atoms with Crippen LogP contribution in [0.1, 0.15) is 17.7 Å². The molecule has 2 N–H and O–H groups in total. The Morgan fingerprint density at radius 1 is 1.11 bits per heavy atom. The number of carbonyl (C=O) groups excluding carboxylic acids is 2. The molecular formula is C20H24N2O5. The highest BCUT2D eigenvalue weighted by molar-refractivity contribution is 5.91. The topological polar surface area (TPSA) is 89.8 Å². The van der Waals surface area contributed by atoms with Crippen LogP contribution in [0.4, 0.5) is 0 Å². The number of hydrogen-bond acceptors (Lipinski definition) is 5. The molecule has 27 heavy (non-hydrogen) atoms. The molecule has 144 valence electrons. The second kappa shape index (κ2) is 10.7. The van der Waals surface area contributed by atoms with Crippen LogP contribution >= 0.6 is 0 Å². The zero-order valence-corrected chi connectivity index (χ0v) is 15.5. The average molecular weight is 372 g/mol. The Bertz CT molecular complexity index is 769. The Morgan fingerprint density at radius 2 is 1.96 bits per heavy atom. The molecule has 0 spiro atoms. The van der Waals surface area contributed by atoms with Gasteiger partial charge in [0.15, 0.2) is 0 Å². The molecule has 2 rings (SSSR count). The number of nitrogens with one attached hydrogen (secondary N) is 2. The Kier molecular flexibility index (Phi) is 7.96. The number of hydrogen-bond donors (Lipinski definition) is 2. The van der Waals surface area contributed by atoms with Crippen LogP contribution in [-0.4, -0.2) is 39.1 Å². The van der Waals surface area contributed by atoms with Crippen LogP contribution in [0.3, 0.4) is 0 Å². The summed E-state index contributed by atoms with van der Waals surface area (Å²) in [6.07, 6.45) is 5.28. The Labute approximate surface area is 158 Å². The van der Waals surface area contributed by atoms with Gasteiger partial charge in [-0.15, -0.1) is 0 Å². The van der Waals surface area contributed by atoms with Crippen molar-refractivity contribution in [2.45, 2.75) is 12.8 Å². The fraction of sp³-hybridized carbons (Fsp3) is 0.300. The van der Waals surface area contributed by atoms with E-state index in [4.69, 9.17) is 13.9 Å². The highest BCUT2D eigenvalue weighted by Crippen LogP contribution is 2.24. The lowest BCUT2D eigenvalue weighted by Gasteiger charge is -2.11. The largest absolute Gasteiger partial charge is 0.497 e. The lowest BCUT2D eigenvalue weighted by Crippen LogP contribution is -2.31. The predicted octanol–water partition coefficient (Wildman–Crippen LogP) is 2.18. The van der Waals surface area contributed by atoms with Gasteiger partial charge in [0.2, 0.25) is 11.8 Å². The van der Waals surface area contributed by atoms with E-state index in [-0.39, 0.29) is 24.8 Å². The van der Waals surface area contributed by atoms with Crippen LogP contribution in [0, 0.1) is 0 Å². The minimum absolute atomic E-state index is 0.132. The number of ether oxygens (including phenoxy) is 2. The van der Waals surface area contributed by atoms with E-state index in [9.17, 15) is 9.59 Å². The van der Waals surface area contributed by atoms with Crippen LogP contribution in [-0.2, 0) is 16.0 Å². The lowest BCUT2D eigenvalue weighted by atomic mass is 10.1. The molecule has 0 unspecified atom stereocenters. The number of amides is 2. The van der Waals surface area contributed by atoms with Crippen molar-refractivity contribution in [2.24, 2.45) is 0 Å². The molecule has 1 heterocycles. The summed E-state index contributed by atoms with van der Waals surface area (Å²) in [5.74, 6) is 1.67. The van der Waals surface area contributed by atoms with E-state index in [0.29, 0.717) is 18.7 Å². The van der Waals surface area contributed by atoms with Gasteiger partial charge in [-0.3, -0.25) is 9.59 Å². The molecule has 0 fully saturated rings. The van der Waals surface area contributed by atoms with Crippen molar-refractivity contribution in [2.75, 3.05) is 27.3 Å². The molecule has 7 heteroatoms. The highest BCUT2D eigenvalue weighted by Gasteiger charge is 2.07. The first-order valence-electron chi connectivity index (χ1n) is 8.59. The van der Waals surface area contributed by atoms with Crippen molar-refractivity contribution in [1.82, 2.24) is 10.6 Å².